The topological polar surface area (TPSA) is 66.6 Å². The molecule has 1 atom stereocenters. The number of nitrogens with zero attached hydrogens (tertiary/aromatic N) is 2. The minimum absolute atomic E-state index is 0.0102. The highest BCUT2D eigenvalue weighted by Crippen LogP contribution is 2.25. The van der Waals surface area contributed by atoms with E-state index in [1.807, 2.05) is 30.3 Å². The number of hydrogen-bond donors (Lipinski definition) is 1. The number of aryl methyl sites for hydroxylation is 1. The van der Waals surface area contributed by atoms with E-state index in [1.165, 1.54) is 0 Å². The van der Waals surface area contributed by atoms with Gasteiger partial charge in [0, 0.05) is 25.6 Å². The molecule has 124 valence electrons. The van der Waals surface area contributed by atoms with Crippen molar-refractivity contribution >= 4 is 17.5 Å². The van der Waals surface area contributed by atoms with Gasteiger partial charge in [-0.15, -0.1) is 0 Å². The molecular weight excluding hydrogens is 316 g/mol. The number of carbonyl (C=O) groups excluding carboxylic acids is 1. The summed E-state index contributed by atoms with van der Waals surface area (Å²) in [6.45, 7) is 1.82. The van der Waals surface area contributed by atoms with Gasteiger partial charge in [-0.25, -0.2) is 0 Å². The van der Waals surface area contributed by atoms with Crippen molar-refractivity contribution in [1.82, 2.24) is 10.1 Å². The first kappa shape index (κ1) is 17.5. The van der Waals surface area contributed by atoms with Crippen molar-refractivity contribution in [1.29, 1.82) is 0 Å². The summed E-state index contributed by atoms with van der Waals surface area (Å²) < 4.78 is 4.90. The van der Waals surface area contributed by atoms with Gasteiger partial charge >= 0.3 is 0 Å². The first-order valence-corrected chi connectivity index (χ1v) is 7.94. The summed E-state index contributed by atoms with van der Waals surface area (Å²) in [5, 5.41) is 13.3. The lowest BCUT2D eigenvalue weighted by Crippen LogP contribution is -2.32. The van der Waals surface area contributed by atoms with E-state index in [0.29, 0.717) is 25.0 Å². The number of amides is 1. The van der Waals surface area contributed by atoms with Gasteiger partial charge in [0.25, 0.3) is 0 Å². The number of aliphatic hydroxyl groups is 1. The molecule has 2 aromatic rings. The molecule has 1 amide bonds. The number of halogens is 1. The van der Waals surface area contributed by atoms with Crippen molar-refractivity contribution in [3.05, 3.63) is 52.4 Å². The Morgan fingerprint density at radius 1 is 1.39 bits per heavy atom. The van der Waals surface area contributed by atoms with Crippen LogP contribution < -0.4 is 0 Å². The zero-order valence-electron chi connectivity index (χ0n) is 13.3. The van der Waals surface area contributed by atoms with Crippen LogP contribution in [0.2, 0.25) is 5.22 Å². The molecule has 6 heteroatoms. The minimum atomic E-state index is -0.146. The minimum Gasteiger partial charge on any atom is -0.396 e. The van der Waals surface area contributed by atoms with Crippen LogP contribution in [-0.4, -0.2) is 34.7 Å². The molecule has 5 nitrogen and oxygen atoms in total. The predicted octanol–water partition coefficient (Wildman–Crippen LogP) is 3.15. The van der Waals surface area contributed by atoms with E-state index in [1.54, 1.807) is 18.9 Å². The van der Waals surface area contributed by atoms with Gasteiger partial charge in [0.05, 0.1) is 11.7 Å². The number of aromatic nitrogens is 1. The Morgan fingerprint density at radius 3 is 2.65 bits per heavy atom. The number of carbonyl (C=O) groups is 1. The van der Waals surface area contributed by atoms with Crippen molar-refractivity contribution in [2.75, 3.05) is 13.7 Å². The maximum absolute atomic E-state index is 12.5. The van der Waals surface area contributed by atoms with Gasteiger partial charge in [-0.3, -0.25) is 4.79 Å². The van der Waals surface area contributed by atoms with Crippen LogP contribution in [-0.2, 0) is 11.2 Å². The highest BCUT2D eigenvalue weighted by atomic mass is 35.5. The largest absolute Gasteiger partial charge is 0.396 e. The monoisotopic (exact) mass is 336 g/mol. The van der Waals surface area contributed by atoms with Gasteiger partial charge in [0.2, 0.25) is 11.1 Å². The standard InChI is InChI=1S/C17H21ClN2O3/c1-12-14(17(18)23-19-12)8-9-16(22)20(2)15(10-11-21)13-6-4-3-5-7-13/h3-7,15,21H,8-11H2,1-2H3. The van der Waals surface area contributed by atoms with Crippen molar-refractivity contribution < 1.29 is 14.4 Å². The van der Waals surface area contributed by atoms with E-state index in [2.05, 4.69) is 5.16 Å². The molecule has 0 aliphatic rings. The van der Waals surface area contributed by atoms with Gasteiger partial charge in [0.1, 0.15) is 0 Å². The Labute approximate surface area is 140 Å². The third kappa shape index (κ3) is 4.33. The molecule has 1 aromatic carbocycles. The van der Waals surface area contributed by atoms with E-state index in [9.17, 15) is 9.90 Å². The lowest BCUT2D eigenvalue weighted by atomic mass is 10.0. The summed E-state index contributed by atoms with van der Waals surface area (Å²) in [5.41, 5.74) is 2.49. The van der Waals surface area contributed by atoms with Crippen molar-refractivity contribution in [3.63, 3.8) is 0 Å². The van der Waals surface area contributed by atoms with Gasteiger partial charge in [-0.1, -0.05) is 35.5 Å². The molecule has 0 spiro atoms. The smallest absolute Gasteiger partial charge is 0.229 e. The second kappa shape index (κ2) is 8.13. The van der Waals surface area contributed by atoms with Crippen LogP contribution in [0.5, 0.6) is 0 Å². The van der Waals surface area contributed by atoms with Gasteiger partial charge < -0.3 is 14.5 Å². The maximum atomic E-state index is 12.5. The number of rotatable bonds is 7. The first-order valence-electron chi connectivity index (χ1n) is 7.56. The second-order valence-electron chi connectivity index (χ2n) is 5.46. The fourth-order valence-electron chi connectivity index (χ4n) is 2.60. The third-order valence-electron chi connectivity index (χ3n) is 3.97. The normalized spacial score (nSPS) is 12.2. The van der Waals surface area contributed by atoms with Crippen molar-refractivity contribution in [3.8, 4) is 0 Å². The summed E-state index contributed by atoms with van der Waals surface area (Å²) in [6.07, 6.45) is 1.30. The van der Waals surface area contributed by atoms with Crippen LogP contribution in [0.25, 0.3) is 0 Å². The number of hydrogen-bond acceptors (Lipinski definition) is 4. The number of aliphatic hydroxyl groups excluding tert-OH is 1. The zero-order valence-corrected chi connectivity index (χ0v) is 14.1. The van der Waals surface area contributed by atoms with Crippen LogP contribution in [0.3, 0.4) is 0 Å². The maximum Gasteiger partial charge on any atom is 0.229 e. The average Bonchev–Trinajstić information content (AvgIpc) is 2.89. The van der Waals surface area contributed by atoms with E-state index < -0.39 is 0 Å². The van der Waals surface area contributed by atoms with Gasteiger partial charge in [-0.2, -0.15) is 0 Å². The fourth-order valence-corrected chi connectivity index (χ4v) is 2.87. The lowest BCUT2D eigenvalue weighted by Gasteiger charge is -2.28. The zero-order chi connectivity index (χ0) is 16.8. The quantitative estimate of drug-likeness (QED) is 0.843. The van der Waals surface area contributed by atoms with Gasteiger partial charge in [-0.05, 0) is 36.9 Å². The lowest BCUT2D eigenvalue weighted by molar-refractivity contribution is -0.132. The summed E-state index contributed by atoms with van der Waals surface area (Å²) in [7, 11) is 1.76. The SMILES string of the molecule is Cc1noc(Cl)c1CCC(=O)N(C)C(CCO)c1ccccc1. The number of benzene rings is 1. The molecule has 0 radical (unpaired) electrons. The molecule has 1 heterocycles. The molecule has 0 saturated heterocycles. The predicted molar refractivity (Wildman–Crippen MR) is 88.2 cm³/mol. The fraction of sp³-hybridized carbons (Fsp3) is 0.412. The summed E-state index contributed by atoms with van der Waals surface area (Å²) >= 11 is 5.93. The molecule has 0 fully saturated rings. The van der Waals surface area contributed by atoms with Crippen LogP contribution in [0.15, 0.2) is 34.9 Å². The Balaban J connectivity index is 2.04. The van der Waals surface area contributed by atoms with E-state index >= 15 is 0 Å². The van der Waals surface area contributed by atoms with Crippen molar-refractivity contribution in [2.45, 2.75) is 32.2 Å². The molecule has 1 N–H and O–H groups in total. The highest BCUT2D eigenvalue weighted by Gasteiger charge is 2.22. The molecule has 0 aliphatic heterocycles. The average molecular weight is 337 g/mol. The van der Waals surface area contributed by atoms with Gasteiger partial charge in [0.15, 0.2) is 0 Å². The Hall–Kier alpha value is -1.85. The summed E-state index contributed by atoms with van der Waals surface area (Å²) in [6, 6.07) is 9.57. The summed E-state index contributed by atoms with van der Waals surface area (Å²) in [5.74, 6) is -0.0102. The molecule has 0 bridgehead atoms. The van der Waals surface area contributed by atoms with Crippen LogP contribution in [0, 0.1) is 6.92 Å². The molecule has 0 aliphatic carbocycles. The Bertz CT molecular complexity index is 623. The molecular formula is C17H21ClN2O3. The molecule has 2 rings (SSSR count). The summed E-state index contributed by atoms with van der Waals surface area (Å²) in [4.78, 5) is 14.2. The van der Waals surface area contributed by atoms with Crippen LogP contribution in [0.1, 0.15) is 35.7 Å². The Kier molecular flexibility index (Phi) is 6.19. The Morgan fingerprint density at radius 2 is 2.09 bits per heavy atom. The second-order valence-corrected chi connectivity index (χ2v) is 5.81. The molecule has 1 aromatic heterocycles. The van der Waals surface area contributed by atoms with Crippen molar-refractivity contribution in [2.24, 2.45) is 0 Å². The molecule has 0 saturated carbocycles. The van der Waals surface area contributed by atoms with E-state index in [4.69, 9.17) is 16.1 Å². The highest BCUT2D eigenvalue weighted by molar-refractivity contribution is 6.29. The van der Waals surface area contributed by atoms with E-state index in [0.717, 1.165) is 11.1 Å². The first-order chi connectivity index (χ1) is 11.0. The molecule has 1 unspecified atom stereocenters. The third-order valence-corrected chi connectivity index (χ3v) is 4.27. The van der Waals surface area contributed by atoms with Crippen LogP contribution in [0.4, 0.5) is 0 Å². The van der Waals surface area contributed by atoms with E-state index in [-0.39, 0.29) is 23.8 Å². The van der Waals surface area contributed by atoms with Crippen LogP contribution >= 0.6 is 11.6 Å². The molecule has 23 heavy (non-hydrogen) atoms.